The molecule has 0 fully saturated rings. The predicted octanol–water partition coefficient (Wildman–Crippen LogP) is 2.65. The molecule has 27 heavy (non-hydrogen) atoms. The van der Waals surface area contributed by atoms with E-state index in [1.165, 1.54) is 11.0 Å². The Labute approximate surface area is 158 Å². The van der Waals surface area contributed by atoms with Crippen LogP contribution in [0.1, 0.15) is 35.7 Å². The summed E-state index contributed by atoms with van der Waals surface area (Å²) in [7, 11) is 1.63. The number of hydrogen-bond donors (Lipinski definition) is 1. The average molecular weight is 365 g/mol. The minimum Gasteiger partial charge on any atom is -0.496 e. The summed E-state index contributed by atoms with van der Waals surface area (Å²) in [5.41, 5.74) is 3.07. The number of rotatable bonds is 7. The first-order valence-corrected chi connectivity index (χ1v) is 8.79. The maximum Gasteiger partial charge on any atom is 0.245 e. The van der Waals surface area contributed by atoms with E-state index in [2.05, 4.69) is 20.8 Å². The number of aryl methyl sites for hydroxylation is 1. The monoisotopic (exact) mass is 365 g/mol. The SMILES string of the molecule is COc1ccc(C)cc1C(C)NC(=O)C(Cc1ccccc1)n1cnnn1. The first-order chi connectivity index (χ1) is 13.1. The van der Waals surface area contributed by atoms with Crippen molar-refractivity contribution in [2.24, 2.45) is 0 Å². The second-order valence-electron chi connectivity index (χ2n) is 6.47. The molecule has 7 heteroatoms. The van der Waals surface area contributed by atoms with Gasteiger partial charge in [0.2, 0.25) is 5.91 Å². The maximum absolute atomic E-state index is 13.0. The van der Waals surface area contributed by atoms with Gasteiger partial charge in [0.15, 0.2) is 0 Å². The van der Waals surface area contributed by atoms with Crippen LogP contribution in [0.4, 0.5) is 0 Å². The molecule has 7 nitrogen and oxygen atoms in total. The first-order valence-electron chi connectivity index (χ1n) is 8.79. The third-order valence-corrected chi connectivity index (χ3v) is 4.47. The molecule has 2 aromatic carbocycles. The van der Waals surface area contributed by atoms with Crippen LogP contribution in [0.5, 0.6) is 5.75 Å². The summed E-state index contributed by atoms with van der Waals surface area (Å²) in [5, 5.41) is 14.4. The fraction of sp³-hybridized carbons (Fsp3) is 0.300. The van der Waals surface area contributed by atoms with E-state index < -0.39 is 6.04 Å². The van der Waals surface area contributed by atoms with E-state index in [1.807, 2.05) is 62.4 Å². The summed E-state index contributed by atoms with van der Waals surface area (Å²) in [4.78, 5) is 13.0. The molecule has 1 heterocycles. The molecule has 0 aliphatic rings. The zero-order valence-corrected chi connectivity index (χ0v) is 15.7. The largest absolute Gasteiger partial charge is 0.496 e. The normalized spacial score (nSPS) is 13.0. The van der Waals surface area contributed by atoms with E-state index in [1.54, 1.807) is 7.11 Å². The van der Waals surface area contributed by atoms with Gasteiger partial charge in [0.05, 0.1) is 13.2 Å². The van der Waals surface area contributed by atoms with Gasteiger partial charge in [0.25, 0.3) is 0 Å². The van der Waals surface area contributed by atoms with Crippen LogP contribution in [0.15, 0.2) is 54.9 Å². The molecule has 1 amide bonds. The Bertz CT molecular complexity index is 881. The van der Waals surface area contributed by atoms with Crippen molar-refractivity contribution in [3.63, 3.8) is 0 Å². The van der Waals surface area contributed by atoms with Crippen LogP contribution in [0.25, 0.3) is 0 Å². The Morgan fingerprint density at radius 1 is 1.22 bits per heavy atom. The summed E-state index contributed by atoms with van der Waals surface area (Å²) >= 11 is 0. The molecule has 0 aliphatic heterocycles. The lowest BCUT2D eigenvalue weighted by atomic mass is 10.0. The molecule has 2 unspecified atom stereocenters. The third kappa shape index (κ3) is 4.49. The van der Waals surface area contributed by atoms with E-state index in [-0.39, 0.29) is 11.9 Å². The number of tetrazole rings is 1. The smallest absolute Gasteiger partial charge is 0.245 e. The number of benzene rings is 2. The number of nitrogens with zero attached hydrogens (tertiary/aromatic N) is 4. The van der Waals surface area contributed by atoms with Crippen molar-refractivity contribution in [2.75, 3.05) is 7.11 Å². The molecular weight excluding hydrogens is 342 g/mol. The van der Waals surface area contributed by atoms with Crippen molar-refractivity contribution in [3.8, 4) is 5.75 Å². The highest BCUT2D eigenvalue weighted by Crippen LogP contribution is 2.26. The average Bonchev–Trinajstić information content (AvgIpc) is 3.21. The lowest BCUT2D eigenvalue weighted by Gasteiger charge is -2.22. The minimum absolute atomic E-state index is 0.151. The zero-order valence-electron chi connectivity index (χ0n) is 15.7. The van der Waals surface area contributed by atoms with Crippen LogP contribution >= 0.6 is 0 Å². The topological polar surface area (TPSA) is 81.9 Å². The van der Waals surface area contributed by atoms with Gasteiger partial charge in [-0.1, -0.05) is 48.0 Å². The van der Waals surface area contributed by atoms with E-state index in [9.17, 15) is 4.79 Å². The fourth-order valence-corrected chi connectivity index (χ4v) is 3.03. The Morgan fingerprint density at radius 3 is 2.67 bits per heavy atom. The number of methoxy groups -OCH3 is 1. The van der Waals surface area contributed by atoms with Crippen molar-refractivity contribution in [1.82, 2.24) is 25.5 Å². The van der Waals surface area contributed by atoms with Gasteiger partial charge in [-0.2, -0.15) is 0 Å². The van der Waals surface area contributed by atoms with Crippen molar-refractivity contribution in [2.45, 2.75) is 32.4 Å². The summed E-state index contributed by atoms with van der Waals surface area (Å²) in [6, 6.07) is 15.0. The predicted molar refractivity (Wildman–Crippen MR) is 101 cm³/mol. The Balaban J connectivity index is 1.81. The molecule has 3 aromatic rings. The molecule has 2 atom stereocenters. The molecule has 140 valence electrons. The van der Waals surface area contributed by atoms with E-state index in [0.717, 1.165) is 22.4 Å². The molecule has 1 N–H and O–H groups in total. The minimum atomic E-state index is -0.541. The van der Waals surface area contributed by atoms with Gasteiger partial charge in [-0.15, -0.1) is 5.10 Å². The summed E-state index contributed by atoms with van der Waals surface area (Å²) in [6.07, 6.45) is 1.96. The standard InChI is InChI=1S/C20H23N5O2/c1-14-9-10-19(27-3)17(11-14)15(2)22-20(26)18(25-13-21-23-24-25)12-16-7-5-4-6-8-16/h4-11,13,15,18H,12H2,1-3H3,(H,22,26). The number of hydrogen-bond acceptors (Lipinski definition) is 5. The van der Waals surface area contributed by atoms with E-state index >= 15 is 0 Å². The molecule has 3 rings (SSSR count). The first kappa shape index (κ1) is 18.6. The van der Waals surface area contributed by atoms with Crippen LogP contribution in [0.3, 0.4) is 0 Å². The van der Waals surface area contributed by atoms with Crippen LogP contribution in [-0.2, 0) is 11.2 Å². The number of nitrogens with one attached hydrogen (secondary N) is 1. The van der Waals surface area contributed by atoms with Gasteiger partial charge >= 0.3 is 0 Å². The van der Waals surface area contributed by atoms with Gasteiger partial charge in [-0.25, -0.2) is 4.68 Å². The fourth-order valence-electron chi connectivity index (χ4n) is 3.03. The highest BCUT2D eigenvalue weighted by atomic mass is 16.5. The summed E-state index contributed by atoms with van der Waals surface area (Å²) < 4.78 is 6.93. The summed E-state index contributed by atoms with van der Waals surface area (Å²) in [5.74, 6) is 0.595. The number of aromatic nitrogens is 4. The second-order valence-corrected chi connectivity index (χ2v) is 6.47. The van der Waals surface area contributed by atoms with Crippen LogP contribution in [-0.4, -0.2) is 33.2 Å². The lowest BCUT2D eigenvalue weighted by molar-refractivity contribution is -0.125. The number of amides is 1. The number of carbonyl (C=O) groups is 1. The number of carbonyl (C=O) groups excluding carboxylic acids is 1. The highest BCUT2D eigenvalue weighted by Gasteiger charge is 2.25. The Hall–Kier alpha value is -3.22. The van der Waals surface area contributed by atoms with Gasteiger partial charge in [0, 0.05) is 12.0 Å². The van der Waals surface area contributed by atoms with Gasteiger partial charge in [-0.05, 0) is 35.9 Å². The molecule has 0 saturated carbocycles. The van der Waals surface area contributed by atoms with Crippen molar-refractivity contribution >= 4 is 5.91 Å². The Kier molecular flexibility index (Phi) is 5.80. The van der Waals surface area contributed by atoms with Crippen molar-refractivity contribution < 1.29 is 9.53 Å². The highest BCUT2D eigenvalue weighted by molar-refractivity contribution is 5.81. The maximum atomic E-state index is 13.0. The third-order valence-electron chi connectivity index (χ3n) is 4.47. The molecule has 0 bridgehead atoms. The van der Waals surface area contributed by atoms with Crippen LogP contribution in [0.2, 0.25) is 0 Å². The molecule has 0 radical (unpaired) electrons. The lowest BCUT2D eigenvalue weighted by Crippen LogP contribution is -2.36. The number of ether oxygens (including phenoxy) is 1. The zero-order chi connectivity index (χ0) is 19.2. The van der Waals surface area contributed by atoms with Crippen molar-refractivity contribution in [1.29, 1.82) is 0 Å². The van der Waals surface area contributed by atoms with E-state index in [4.69, 9.17) is 4.74 Å². The van der Waals surface area contributed by atoms with Crippen LogP contribution < -0.4 is 10.1 Å². The molecular formula is C20H23N5O2. The van der Waals surface area contributed by atoms with Gasteiger partial charge in [0.1, 0.15) is 18.1 Å². The van der Waals surface area contributed by atoms with Crippen LogP contribution in [0, 0.1) is 6.92 Å². The van der Waals surface area contributed by atoms with Gasteiger partial charge < -0.3 is 10.1 Å². The second kappa shape index (κ2) is 8.44. The quantitative estimate of drug-likeness (QED) is 0.696. The Morgan fingerprint density at radius 2 is 2.00 bits per heavy atom. The molecule has 0 saturated heterocycles. The molecule has 0 spiro atoms. The molecule has 0 aliphatic carbocycles. The van der Waals surface area contributed by atoms with Crippen molar-refractivity contribution in [3.05, 3.63) is 71.5 Å². The molecule has 1 aromatic heterocycles. The summed E-state index contributed by atoms with van der Waals surface area (Å²) in [6.45, 7) is 3.95. The van der Waals surface area contributed by atoms with E-state index in [0.29, 0.717) is 6.42 Å². The van der Waals surface area contributed by atoms with Gasteiger partial charge in [-0.3, -0.25) is 4.79 Å².